The Hall–Kier alpha value is -3.36. The number of benzene rings is 2. The van der Waals surface area contributed by atoms with Crippen LogP contribution in [-0.4, -0.2) is 47.6 Å². The van der Waals surface area contributed by atoms with Crippen LogP contribution in [0, 0.1) is 0 Å². The van der Waals surface area contributed by atoms with E-state index in [1.807, 2.05) is 0 Å². The smallest absolute Gasteiger partial charge is 0.335 e. The second-order valence-corrected chi connectivity index (χ2v) is 6.93. The lowest BCUT2D eigenvalue weighted by atomic mass is 9.79. The standard InChI is InChI=1S/C22H18O8/c1-3-28-21(26)15-9-14-17(22(27)30-15)19(25)16-13(18(14)24)8-11-6-4-5-7-12(11)20(16)29-10(2)23/h4-8,15,22,27H,3,9H2,1-2H3. The first-order valence-corrected chi connectivity index (χ1v) is 9.40. The average molecular weight is 410 g/mol. The molecule has 1 aliphatic carbocycles. The molecule has 0 amide bonds. The van der Waals surface area contributed by atoms with E-state index >= 15 is 0 Å². The second kappa shape index (κ2) is 7.47. The number of fused-ring (bicyclic) bond motifs is 2. The van der Waals surface area contributed by atoms with Gasteiger partial charge in [0.1, 0.15) is 0 Å². The van der Waals surface area contributed by atoms with Gasteiger partial charge >= 0.3 is 11.9 Å². The number of hydrogen-bond donors (Lipinski definition) is 1. The van der Waals surface area contributed by atoms with Crippen LogP contribution in [0.15, 0.2) is 41.5 Å². The molecule has 1 N–H and O–H groups in total. The van der Waals surface area contributed by atoms with E-state index in [1.165, 1.54) is 6.92 Å². The van der Waals surface area contributed by atoms with Gasteiger partial charge < -0.3 is 19.3 Å². The molecule has 2 aromatic carbocycles. The first-order valence-electron chi connectivity index (χ1n) is 9.40. The predicted octanol–water partition coefficient (Wildman–Crippen LogP) is 2.11. The lowest BCUT2D eigenvalue weighted by molar-refractivity contribution is -0.175. The molecule has 0 saturated carbocycles. The van der Waals surface area contributed by atoms with Crippen molar-refractivity contribution in [2.24, 2.45) is 0 Å². The summed E-state index contributed by atoms with van der Waals surface area (Å²) in [6.45, 7) is 2.92. The summed E-state index contributed by atoms with van der Waals surface area (Å²) >= 11 is 0. The van der Waals surface area contributed by atoms with Crippen molar-refractivity contribution in [3.8, 4) is 5.75 Å². The third-order valence-corrected chi connectivity index (χ3v) is 5.04. The van der Waals surface area contributed by atoms with Crippen LogP contribution >= 0.6 is 0 Å². The van der Waals surface area contributed by atoms with Gasteiger partial charge in [-0.1, -0.05) is 24.3 Å². The van der Waals surface area contributed by atoms with Gasteiger partial charge in [-0.05, 0) is 18.4 Å². The predicted molar refractivity (Wildman–Crippen MR) is 103 cm³/mol. The van der Waals surface area contributed by atoms with Gasteiger partial charge in [0, 0.05) is 29.9 Å². The number of rotatable bonds is 3. The summed E-state index contributed by atoms with van der Waals surface area (Å²) in [6.07, 6.45) is -3.19. The molecular formula is C22H18O8. The molecule has 1 aliphatic heterocycles. The van der Waals surface area contributed by atoms with Gasteiger partial charge in [-0.25, -0.2) is 4.79 Å². The van der Waals surface area contributed by atoms with Crippen LogP contribution in [0.5, 0.6) is 5.75 Å². The van der Waals surface area contributed by atoms with E-state index in [-0.39, 0.29) is 41.1 Å². The lowest BCUT2D eigenvalue weighted by Gasteiger charge is -2.32. The molecule has 4 rings (SSSR count). The molecule has 1 heterocycles. The third kappa shape index (κ3) is 3.10. The monoisotopic (exact) mass is 410 g/mol. The summed E-state index contributed by atoms with van der Waals surface area (Å²) in [7, 11) is 0. The zero-order chi connectivity index (χ0) is 21.6. The Labute approximate surface area is 171 Å². The molecule has 8 heteroatoms. The van der Waals surface area contributed by atoms with Gasteiger partial charge in [0.15, 0.2) is 29.7 Å². The number of carbonyl (C=O) groups is 4. The van der Waals surface area contributed by atoms with Crippen LogP contribution < -0.4 is 4.74 Å². The Balaban J connectivity index is 1.90. The summed E-state index contributed by atoms with van der Waals surface area (Å²) in [6, 6.07) is 8.40. The lowest BCUT2D eigenvalue weighted by Crippen LogP contribution is -2.42. The van der Waals surface area contributed by atoms with Crippen LogP contribution in [0.2, 0.25) is 0 Å². The number of ketones is 2. The molecule has 2 aliphatic rings. The number of aliphatic hydroxyl groups is 1. The van der Waals surface area contributed by atoms with Crippen LogP contribution in [0.1, 0.15) is 41.0 Å². The zero-order valence-corrected chi connectivity index (χ0v) is 16.3. The zero-order valence-electron chi connectivity index (χ0n) is 16.3. The van der Waals surface area contributed by atoms with E-state index in [2.05, 4.69) is 0 Å². The van der Waals surface area contributed by atoms with Gasteiger partial charge in [-0.2, -0.15) is 0 Å². The minimum absolute atomic E-state index is 0.00615. The second-order valence-electron chi connectivity index (χ2n) is 6.93. The molecular weight excluding hydrogens is 392 g/mol. The minimum Gasteiger partial charge on any atom is -0.464 e. The summed E-state index contributed by atoms with van der Waals surface area (Å²) < 4.78 is 15.5. The van der Waals surface area contributed by atoms with Gasteiger partial charge in [0.05, 0.1) is 17.7 Å². The van der Waals surface area contributed by atoms with E-state index in [1.54, 1.807) is 37.3 Å². The highest BCUT2D eigenvalue weighted by Gasteiger charge is 2.45. The summed E-state index contributed by atoms with van der Waals surface area (Å²) in [5.41, 5.74) is -0.319. The van der Waals surface area contributed by atoms with Crippen LogP contribution in [0.3, 0.4) is 0 Å². The van der Waals surface area contributed by atoms with Crippen LogP contribution in [-0.2, 0) is 19.1 Å². The molecule has 0 bridgehead atoms. The summed E-state index contributed by atoms with van der Waals surface area (Å²) in [4.78, 5) is 50.3. The van der Waals surface area contributed by atoms with Gasteiger partial charge in [-0.3, -0.25) is 14.4 Å². The Kier molecular flexibility index (Phi) is 4.97. The maximum atomic E-state index is 13.3. The Morgan fingerprint density at radius 1 is 1.20 bits per heavy atom. The van der Waals surface area contributed by atoms with Crippen LogP contribution in [0.25, 0.3) is 10.8 Å². The first kappa shape index (κ1) is 19.9. The van der Waals surface area contributed by atoms with Crippen molar-refractivity contribution in [2.45, 2.75) is 32.7 Å². The Morgan fingerprint density at radius 3 is 2.63 bits per heavy atom. The molecule has 8 nitrogen and oxygen atoms in total. The van der Waals surface area contributed by atoms with Crippen molar-refractivity contribution >= 4 is 34.3 Å². The molecule has 2 aromatic rings. The quantitative estimate of drug-likeness (QED) is 0.604. The van der Waals surface area contributed by atoms with Crippen molar-refractivity contribution in [3.05, 3.63) is 52.6 Å². The van der Waals surface area contributed by atoms with E-state index in [0.29, 0.717) is 10.8 Å². The molecule has 0 aromatic heterocycles. The van der Waals surface area contributed by atoms with Gasteiger partial charge in [0.2, 0.25) is 0 Å². The van der Waals surface area contributed by atoms with Crippen molar-refractivity contribution in [1.29, 1.82) is 0 Å². The van der Waals surface area contributed by atoms with Crippen molar-refractivity contribution in [3.63, 3.8) is 0 Å². The van der Waals surface area contributed by atoms with E-state index in [4.69, 9.17) is 14.2 Å². The fourth-order valence-electron chi connectivity index (χ4n) is 3.82. The normalized spacial score (nSPS) is 20.6. The number of Topliss-reactive ketones (excluding diaryl/α,β-unsaturated/α-hetero) is 2. The number of esters is 2. The minimum atomic E-state index is -1.79. The average Bonchev–Trinajstić information content (AvgIpc) is 2.71. The fraction of sp³-hybridized carbons (Fsp3) is 0.273. The highest BCUT2D eigenvalue weighted by molar-refractivity contribution is 6.30. The number of ether oxygens (including phenoxy) is 3. The topological polar surface area (TPSA) is 116 Å². The Morgan fingerprint density at radius 2 is 1.93 bits per heavy atom. The van der Waals surface area contributed by atoms with E-state index in [9.17, 15) is 24.3 Å². The largest absolute Gasteiger partial charge is 0.464 e. The SMILES string of the molecule is CCOC(=O)C1CC2=C(C(=O)c3c(cc4ccccc4c3OC(C)=O)C2=O)C(O)O1. The molecule has 154 valence electrons. The number of aliphatic hydroxyl groups excluding tert-OH is 1. The van der Waals surface area contributed by atoms with Crippen LogP contribution in [0.4, 0.5) is 0 Å². The summed E-state index contributed by atoms with van der Waals surface area (Å²) in [5.74, 6) is -2.64. The fourth-order valence-corrected chi connectivity index (χ4v) is 3.82. The maximum absolute atomic E-state index is 13.3. The van der Waals surface area contributed by atoms with E-state index in [0.717, 1.165) is 0 Å². The molecule has 30 heavy (non-hydrogen) atoms. The maximum Gasteiger partial charge on any atom is 0.335 e. The molecule has 0 fully saturated rings. The number of carbonyl (C=O) groups excluding carboxylic acids is 4. The summed E-state index contributed by atoms with van der Waals surface area (Å²) in [5, 5.41) is 11.5. The first-order chi connectivity index (χ1) is 14.3. The Bertz CT molecular complexity index is 1140. The third-order valence-electron chi connectivity index (χ3n) is 5.04. The van der Waals surface area contributed by atoms with Gasteiger partial charge in [0.25, 0.3) is 0 Å². The molecule has 0 saturated heterocycles. The highest BCUT2D eigenvalue weighted by atomic mass is 16.6. The number of hydrogen-bond acceptors (Lipinski definition) is 8. The van der Waals surface area contributed by atoms with Crippen molar-refractivity contribution in [1.82, 2.24) is 0 Å². The van der Waals surface area contributed by atoms with Crippen molar-refractivity contribution < 1.29 is 38.5 Å². The van der Waals surface area contributed by atoms with Gasteiger partial charge in [-0.15, -0.1) is 0 Å². The van der Waals surface area contributed by atoms with E-state index < -0.39 is 35.9 Å². The molecule has 2 unspecified atom stereocenters. The molecule has 0 radical (unpaired) electrons. The molecule has 2 atom stereocenters. The highest BCUT2D eigenvalue weighted by Crippen LogP contribution is 2.42. The molecule has 0 spiro atoms. The van der Waals surface area contributed by atoms with Crippen molar-refractivity contribution in [2.75, 3.05) is 6.61 Å².